The summed E-state index contributed by atoms with van der Waals surface area (Å²) in [4.78, 5) is 17.3. The van der Waals surface area contributed by atoms with E-state index in [1.807, 2.05) is 5.06 Å². The number of hydrogen-bond acceptors (Lipinski definition) is 3. The average molecular weight is 266 g/mol. The lowest BCUT2D eigenvalue weighted by atomic mass is 9.79. The maximum Gasteiger partial charge on any atom is 0.243 e. The fourth-order valence-corrected chi connectivity index (χ4v) is 3.10. The molecule has 0 aromatic rings. The van der Waals surface area contributed by atoms with Crippen molar-refractivity contribution in [2.24, 2.45) is 0 Å². The van der Waals surface area contributed by atoms with Crippen LogP contribution in [-0.2, 0) is 9.63 Å². The maximum absolute atomic E-state index is 11.5. The van der Waals surface area contributed by atoms with Crippen molar-refractivity contribution in [2.45, 2.75) is 57.7 Å². The lowest BCUT2D eigenvalue weighted by Crippen LogP contribution is -2.63. The third kappa shape index (κ3) is 3.91. The minimum absolute atomic E-state index is 0.114. The van der Waals surface area contributed by atoms with Gasteiger partial charge in [0.05, 0.1) is 6.61 Å². The van der Waals surface area contributed by atoms with E-state index in [1.165, 1.54) is 6.08 Å². The Hall–Kier alpha value is -1.13. The molecular weight excluding hydrogens is 240 g/mol. The van der Waals surface area contributed by atoms with Crippen LogP contribution in [0, 0.1) is 0 Å². The zero-order valence-corrected chi connectivity index (χ0v) is 12.5. The van der Waals surface area contributed by atoms with Crippen molar-refractivity contribution in [1.29, 1.82) is 0 Å². The first-order valence-corrected chi connectivity index (χ1v) is 6.70. The van der Waals surface area contributed by atoms with Crippen molar-refractivity contribution in [2.75, 3.05) is 6.61 Å². The van der Waals surface area contributed by atoms with Crippen molar-refractivity contribution in [3.8, 4) is 0 Å². The Morgan fingerprint density at radius 1 is 1.32 bits per heavy atom. The highest BCUT2D eigenvalue weighted by Crippen LogP contribution is 2.38. The molecule has 4 heteroatoms. The number of nitrogens with zero attached hydrogens (tertiary/aromatic N) is 1. The monoisotopic (exact) mass is 266 g/mol. The van der Waals surface area contributed by atoms with Crippen LogP contribution in [0.5, 0.6) is 0 Å². The first kappa shape index (κ1) is 15.9. The molecular formula is C15H26N2O2. The van der Waals surface area contributed by atoms with Crippen molar-refractivity contribution in [3.63, 3.8) is 0 Å². The van der Waals surface area contributed by atoms with Gasteiger partial charge in [0.2, 0.25) is 5.91 Å². The molecule has 0 saturated carbocycles. The van der Waals surface area contributed by atoms with E-state index in [0.29, 0.717) is 6.61 Å². The van der Waals surface area contributed by atoms with Gasteiger partial charge in [-0.1, -0.05) is 12.7 Å². The summed E-state index contributed by atoms with van der Waals surface area (Å²) >= 11 is 0. The smallest absolute Gasteiger partial charge is 0.243 e. The standard InChI is InChI=1S/C15H26N2O2/c1-7-9-19-17-14(3,4)10-12(11-15(17,5)6)16-13(18)8-2/h7-8,12H,1-2,9-11H2,3-6H3,(H,16,18). The predicted octanol–water partition coefficient (Wildman–Crippen LogP) is 2.43. The highest BCUT2D eigenvalue weighted by atomic mass is 16.7. The van der Waals surface area contributed by atoms with E-state index in [0.717, 1.165) is 12.8 Å². The van der Waals surface area contributed by atoms with Crippen LogP contribution in [0.4, 0.5) is 0 Å². The van der Waals surface area contributed by atoms with E-state index in [-0.39, 0.29) is 23.0 Å². The zero-order chi connectivity index (χ0) is 14.7. The second-order valence-electron chi connectivity index (χ2n) is 6.32. The number of hydrogen-bond donors (Lipinski definition) is 1. The Labute approximate surface area is 116 Å². The number of hydroxylamine groups is 2. The van der Waals surface area contributed by atoms with E-state index in [9.17, 15) is 4.79 Å². The summed E-state index contributed by atoms with van der Waals surface area (Å²) in [5, 5.41) is 5.04. The summed E-state index contributed by atoms with van der Waals surface area (Å²) in [5.41, 5.74) is -0.298. The van der Waals surface area contributed by atoms with Gasteiger partial charge in [-0.25, -0.2) is 0 Å². The van der Waals surface area contributed by atoms with Crippen LogP contribution < -0.4 is 5.32 Å². The summed E-state index contributed by atoms with van der Waals surface area (Å²) in [5.74, 6) is -0.114. The van der Waals surface area contributed by atoms with E-state index < -0.39 is 0 Å². The quantitative estimate of drug-likeness (QED) is 0.614. The molecule has 0 radical (unpaired) electrons. The molecule has 1 amide bonds. The van der Waals surface area contributed by atoms with E-state index in [1.54, 1.807) is 6.08 Å². The second kappa shape index (κ2) is 5.88. The molecule has 0 unspecified atom stereocenters. The number of piperidine rings is 1. The third-order valence-corrected chi connectivity index (χ3v) is 3.44. The number of amides is 1. The van der Waals surface area contributed by atoms with Gasteiger partial charge >= 0.3 is 0 Å². The third-order valence-electron chi connectivity index (χ3n) is 3.44. The Bertz CT molecular complexity index is 343. The van der Waals surface area contributed by atoms with Crippen molar-refractivity contribution in [3.05, 3.63) is 25.3 Å². The lowest BCUT2D eigenvalue weighted by Gasteiger charge is -2.53. The normalized spacial score (nSPS) is 22.7. The molecule has 19 heavy (non-hydrogen) atoms. The Morgan fingerprint density at radius 2 is 1.84 bits per heavy atom. The Morgan fingerprint density at radius 3 is 2.26 bits per heavy atom. The molecule has 1 fully saturated rings. The first-order valence-electron chi connectivity index (χ1n) is 6.70. The fraction of sp³-hybridized carbons (Fsp3) is 0.667. The molecule has 1 heterocycles. The molecule has 1 saturated heterocycles. The van der Waals surface area contributed by atoms with Crippen molar-refractivity contribution >= 4 is 5.91 Å². The molecule has 108 valence electrons. The highest BCUT2D eigenvalue weighted by molar-refractivity contribution is 5.87. The summed E-state index contributed by atoms with van der Waals surface area (Å²) in [6.07, 6.45) is 4.75. The van der Waals surface area contributed by atoms with Gasteiger partial charge in [-0.05, 0) is 46.6 Å². The Balaban J connectivity index is 2.83. The minimum atomic E-state index is -0.149. The SMILES string of the molecule is C=CCON1C(C)(C)CC(NC(=O)C=C)CC1(C)C. The molecule has 1 aliphatic rings. The van der Waals surface area contributed by atoms with Gasteiger partial charge in [-0.15, -0.1) is 6.58 Å². The van der Waals surface area contributed by atoms with Crippen LogP contribution in [0.3, 0.4) is 0 Å². The molecule has 0 aromatic heterocycles. The van der Waals surface area contributed by atoms with Gasteiger partial charge < -0.3 is 5.32 Å². The molecule has 0 atom stereocenters. The second-order valence-corrected chi connectivity index (χ2v) is 6.32. The maximum atomic E-state index is 11.5. The van der Waals surface area contributed by atoms with E-state index >= 15 is 0 Å². The molecule has 0 aliphatic carbocycles. The molecule has 0 spiro atoms. The minimum Gasteiger partial charge on any atom is -0.350 e. The number of carbonyl (C=O) groups is 1. The lowest BCUT2D eigenvalue weighted by molar-refractivity contribution is -0.277. The summed E-state index contributed by atoms with van der Waals surface area (Å²) in [6.45, 7) is 16.2. The molecule has 1 rings (SSSR count). The van der Waals surface area contributed by atoms with Gasteiger partial charge in [0.25, 0.3) is 0 Å². The largest absolute Gasteiger partial charge is 0.350 e. The van der Waals surface area contributed by atoms with Gasteiger partial charge in [0.1, 0.15) is 0 Å². The topological polar surface area (TPSA) is 41.6 Å². The van der Waals surface area contributed by atoms with Gasteiger partial charge in [0, 0.05) is 17.1 Å². The van der Waals surface area contributed by atoms with Gasteiger partial charge in [-0.3, -0.25) is 9.63 Å². The first-order chi connectivity index (χ1) is 8.73. The van der Waals surface area contributed by atoms with E-state index in [4.69, 9.17) is 4.84 Å². The van der Waals surface area contributed by atoms with Gasteiger partial charge in [-0.2, -0.15) is 5.06 Å². The van der Waals surface area contributed by atoms with E-state index in [2.05, 4.69) is 46.2 Å². The summed E-state index contributed by atoms with van der Waals surface area (Å²) < 4.78 is 0. The molecule has 0 bridgehead atoms. The predicted molar refractivity (Wildman–Crippen MR) is 77.5 cm³/mol. The van der Waals surface area contributed by atoms with Gasteiger partial charge in [0.15, 0.2) is 0 Å². The van der Waals surface area contributed by atoms with Crippen LogP contribution in [0.15, 0.2) is 25.3 Å². The zero-order valence-electron chi connectivity index (χ0n) is 12.5. The molecule has 1 N–H and O–H groups in total. The number of carbonyl (C=O) groups excluding carboxylic acids is 1. The van der Waals surface area contributed by atoms with Crippen molar-refractivity contribution in [1.82, 2.24) is 10.4 Å². The molecule has 0 aromatic carbocycles. The highest BCUT2D eigenvalue weighted by Gasteiger charge is 2.46. The van der Waals surface area contributed by atoms with Crippen LogP contribution in [-0.4, -0.2) is 34.7 Å². The molecule has 1 aliphatic heterocycles. The number of rotatable bonds is 5. The van der Waals surface area contributed by atoms with Crippen LogP contribution in [0.1, 0.15) is 40.5 Å². The van der Waals surface area contributed by atoms with Crippen LogP contribution in [0.2, 0.25) is 0 Å². The summed E-state index contributed by atoms with van der Waals surface area (Å²) in [7, 11) is 0. The fourth-order valence-electron chi connectivity index (χ4n) is 3.10. The molecule has 4 nitrogen and oxygen atoms in total. The average Bonchev–Trinajstić information content (AvgIpc) is 2.25. The van der Waals surface area contributed by atoms with Crippen molar-refractivity contribution < 1.29 is 9.63 Å². The summed E-state index contributed by atoms with van der Waals surface area (Å²) in [6, 6.07) is 0.138. The van der Waals surface area contributed by atoms with Crippen LogP contribution >= 0.6 is 0 Å². The van der Waals surface area contributed by atoms with Crippen LogP contribution in [0.25, 0.3) is 0 Å². The Kier molecular flexibility index (Phi) is 4.93. The number of nitrogens with one attached hydrogen (secondary N) is 1.